The molecule has 1 unspecified atom stereocenters. The van der Waals surface area contributed by atoms with Gasteiger partial charge in [0.15, 0.2) is 5.17 Å². The molecule has 1 aliphatic heterocycles. The number of hydrogen-bond acceptors (Lipinski definition) is 3. The summed E-state index contributed by atoms with van der Waals surface area (Å²) in [5.74, 6) is -15.1. The Balaban J connectivity index is 2.88. The molecule has 0 saturated heterocycles. The van der Waals surface area contributed by atoms with Crippen molar-refractivity contribution in [2.45, 2.75) is 36.6 Å². The molecule has 0 aromatic rings. The molecule has 1 amide bonds. The van der Waals surface area contributed by atoms with Gasteiger partial charge < -0.3 is 0 Å². The Labute approximate surface area is 113 Å². The summed E-state index contributed by atoms with van der Waals surface area (Å²) in [6.07, 6.45) is -5.97. The summed E-state index contributed by atoms with van der Waals surface area (Å²) < 4.78 is 86.9. The number of alkyl halides is 7. The second-order valence-electron chi connectivity index (χ2n) is 4.00. The van der Waals surface area contributed by atoms with Crippen LogP contribution in [0.25, 0.3) is 0 Å². The average molecular weight is 326 g/mol. The lowest BCUT2D eigenvalue weighted by Crippen LogP contribution is -2.60. The van der Waals surface area contributed by atoms with Crippen LogP contribution in [-0.4, -0.2) is 40.9 Å². The number of thioether (sulfide) groups is 1. The van der Waals surface area contributed by atoms with Gasteiger partial charge in [-0.3, -0.25) is 15.1 Å². The number of carbonyl (C=O) groups is 1. The van der Waals surface area contributed by atoms with E-state index in [-0.39, 0.29) is 11.8 Å². The van der Waals surface area contributed by atoms with Crippen molar-refractivity contribution in [3.63, 3.8) is 0 Å². The monoisotopic (exact) mass is 326 g/mol. The topological polar surface area (TPSA) is 41.5 Å². The molecule has 116 valence electrons. The van der Waals surface area contributed by atoms with E-state index in [1.165, 1.54) is 5.32 Å². The number of amidine groups is 1. The van der Waals surface area contributed by atoms with Gasteiger partial charge in [-0.25, -0.2) is 0 Å². The van der Waals surface area contributed by atoms with Gasteiger partial charge in [0, 0.05) is 11.8 Å². The molecular weight excluding hydrogens is 317 g/mol. The zero-order valence-corrected chi connectivity index (χ0v) is 10.7. The van der Waals surface area contributed by atoms with Gasteiger partial charge in [0.1, 0.15) is 0 Å². The zero-order valence-electron chi connectivity index (χ0n) is 9.90. The Kier molecular flexibility index (Phi) is 4.62. The number of halogens is 7. The highest BCUT2D eigenvalue weighted by molar-refractivity contribution is 8.14. The average Bonchev–Trinajstić information content (AvgIpc) is 2.27. The van der Waals surface area contributed by atoms with E-state index >= 15 is 0 Å². The van der Waals surface area contributed by atoms with Crippen LogP contribution in [-0.2, 0) is 4.79 Å². The lowest BCUT2D eigenvalue weighted by molar-refractivity contribution is -0.343. The summed E-state index contributed by atoms with van der Waals surface area (Å²) in [7, 11) is 0. The molecule has 3 nitrogen and oxygen atoms in total. The molecule has 1 rings (SSSR count). The molecule has 1 aliphatic rings. The number of nitrogens with zero attached hydrogens (tertiary/aromatic N) is 1. The predicted octanol–water partition coefficient (Wildman–Crippen LogP) is 2.82. The summed E-state index contributed by atoms with van der Waals surface area (Å²) in [4.78, 5) is 14.6. The van der Waals surface area contributed by atoms with Crippen molar-refractivity contribution in [2.75, 3.05) is 6.54 Å². The molecule has 0 saturated carbocycles. The molecule has 0 fully saturated rings. The fraction of sp³-hybridized carbons (Fsp3) is 0.778. The summed E-state index contributed by atoms with van der Waals surface area (Å²) in [5.41, 5.74) is 0. The number of hydrogen-bond donors (Lipinski definition) is 1. The van der Waals surface area contributed by atoms with E-state index in [4.69, 9.17) is 0 Å². The number of rotatable bonds is 2. The first-order chi connectivity index (χ1) is 8.89. The van der Waals surface area contributed by atoms with Crippen LogP contribution in [0, 0.1) is 0 Å². The quantitative estimate of drug-likeness (QED) is 0.793. The van der Waals surface area contributed by atoms with Crippen molar-refractivity contribution < 1.29 is 35.5 Å². The van der Waals surface area contributed by atoms with E-state index in [0.717, 1.165) is 11.8 Å². The highest BCUT2D eigenvalue weighted by Crippen LogP contribution is 2.46. The standard InChI is InChI=1S/C9H9F7N2OS/c1-4-2-3-17-6(20-4)18-5(19)7(10,11)8(12,13)9(14,15)16/h4H,2-3H2,1H3,(H,17,18,19). The molecule has 0 bridgehead atoms. The summed E-state index contributed by atoms with van der Waals surface area (Å²) in [6.45, 7) is 1.82. The van der Waals surface area contributed by atoms with Crippen molar-refractivity contribution in [3.8, 4) is 0 Å². The fourth-order valence-electron chi connectivity index (χ4n) is 1.20. The van der Waals surface area contributed by atoms with Crippen molar-refractivity contribution in [1.82, 2.24) is 5.32 Å². The van der Waals surface area contributed by atoms with E-state index in [2.05, 4.69) is 4.99 Å². The molecule has 0 aromatic carbocycles. The molecule has 0 aromatic heterocycles. The highest BCUT2D eigenvalue weighted by atomic mass is 32.2. The third-order valence-corrected chi connectivity index (χ3v) is 3.45. The smallest absolute Gasteiger partial charge is 0.300 e. The van der Waals surface area contributed by atoms with E-state index in [0.29, 0.717) is 6.42 Å². The van der Waals surface area contributed by atoms with Gasteiger partial charge in [-0.05, 0) is 6.42 Å². The van der Waals surface area contributed by atoms with E-state index < -0.39 is 29.1 Å². The third kappa shape index (κ3) is 3.18. The lowest BCUT2D eigenvalue weighted by Gasteiger charge is -2.27. The molecule has 0 aliphatic carbocycles. The van der Waals surface area contributed by atoms with Gasteiger partial charge in [0.05, 0.1) is 0 Å². The summed E-state index contributed by atoms with van der Waals surface area (Å²) in [5, 5.41) is 0.790. The molecule has 20 heavy (non-hydrogen) atoms. The number of nitrogens with one attached hydrogen (secondary N) is 1. The Bertz CT molecular complexity index is 421. The van der Waals surface area contributed by atoms with Crippen molar-refractivity contribution >= 4 is 22.8 Å². The molecule has 1 heterocycles. The minimum absolute atomic E-state index is 0.125. The van der Waals surface area contributed by atoms with Crippen LogP contribution in [0.2, 0.25) is 0 Å². The van der Waals surface area contributed by atoms with E-state index in [9.17, 15) is 35.5 Å². The van der Waals surface area contributed by atoms with E-state index in [1.807, 2.05) is 0 Å². The fourth-order valence-corrected chi connectivity index (χ4v) is 2.12. The Morgan fingerprint density at radius 1 is 1.25 bits per heavy atom. The molecule has 1 atom stereocenters. The Morgan fingerprint density at radius 2 is 1.80 bits per heavy atom. The molecule has 0 spiro atoms. The molecule has 0 radical (unpaired) electrons. The zero-order chi connectivity index (χ0) is 15.8. The predicted molar refractivity (Wildman–Crippen MR) is 58.1 cm³/mol. The first-order valence-electron chi connectivity index (χ1n) is 5.24. The van der Waals surface area contributed by atoms with Crippen LogP contribution in [0.5, 0.6) is 0 Å². The Morgan fingerprint density at radius 3 is 2.25 bits per heavy atom. The highest BCUT2D eigenvalue weighted by Gasteiger charge is 2.76. The molecule has 11 heteroatoms. The second-order valence-corrected chi connectivity index (χ2v) is 5.43. The van der Waals surface area contributed by atoms with Crippen LogP contribution in [0.3, 0.4) is 0 Å². The van der Waals surface area contributed by atoms with Gasteiger partial charge in [-0.2, -0.15) is 30.7 Å². The number of amides is 1. The first-order valence-corrected chi connectivity index (χ1v) is 6.12. The minimum Gasteiger partial charge on any atom is -0.300 e. The minimum atomic E-state index is -6.54. The van der Waals surface area contributed by atoms with Crippen LogP contribution >= 0.6 is 11.8 Å². The van der Waals surface area contributed by atoms with Crippen LogP contribution < -0.4 is 5.32 Å². The summed E-state index contributed by atoms with van der Waals surface area (Å²) in [6, 6.07) is 0. The van der Waals surface area contributed by atoms with Crippen LogP contribution in [0.4, 0.5) is 30.7 Å². The first kappa shape index (κ1) is 17.1. The van der Waals surface area contributed by atoms with Gasteiger partial charge in [-0.15, -0.1) is 0 Å². The van der Waals surface area contributed by atoms with Crippen LogP contribution in [0.15, 0.2) is 4.99 Å². The summed E-state index contributed by atoms with van der Waals surface area (Å²) >= 11 is 0.807. The maximum Gasteiger partial charge on any atom is 0.460 e. The third-order valence-electron chi connectivity index (χ3n) is 2.36. The number of carbonyl (C=O) groups excluding carboxylic acids is 1. The molecular formula is C9H9F7N2OS. The van der Waals surface area contributed by atoms with E-state index in [1.54, 1.807) is 6.92 Å². The number of aliphatic imine (C=N–C) groups is 1. The molecule has 1 N–H and O–H groups in total. The lowest BCUT2D eigenvalue weighted by atomic mass is 10.1. The maximum atomic E-state index is 13.0. The van der Waals surface area contributed by atoms with Crippen molar-refractivity contribution in [3.05, 3.63) is 0 Å². The van der Waals surface area contributed by atoms with Crippen LogP contribution in [0.1, 0.15) is 13.3 Å². The maximum absolute atomic E-state index is 13.0. The normalized spacial score (nSPS) is 21.4. The van der Waals surface area contributed by atoms with Gasteiger partial charge in [-0.1, -0.05) is 18.7 Å². The van der Waals surface area contributed by atoms with Crippen molar-refractivity contribution in [2.24, 2.45) is 4.99 Å². The SMILES string of the molecule is CC1CCN=C(NC(=O)C(F)(F)C(F)(F)C(F)(F)F)S1. The van der Waals surface area contributed by atoms with Gasteiger partial charge in [0.25, 0.3) is 0 Å². The van der Waals surface area contributed by atoms with Gasteiger partial charge in [0.2, 0.25) is 0 Å². The second kappa shape index (κ2) is 5.41. The largest absolute Gasteiger partial charge is 0.460 e. The van der Waals surface area contributed by atoms with Crippen molar-refractivity contribution in [1.29, 1.82) is 0 Å². The van der Waals surface area contributed by atoms with Gasteiger partial charge >= 0.3 is 23.9 Å². The Hall–Kier alpha value is -1.00.